The predicted octanol–water partition coefficient (Wildman–Crippen LogP) is 6.92. The summed E-state index contributed by atoms with van der Waals surface area (Å²) in [6.45, 7) is 2.21. The summed E-state index contributed by atoms with van der Waals surface area (Å²) in [5.74, 6) is 1.36. The van der Waals surface area contributed by atoms with Crippen molar-refractivity contribution in [3.63, 3.8) is 0 Å². The summed E-state index contributed by atoms with van der Waals surface area (Å²) in [6, 6.07) is 22.2. The number of esters is 1. The molecule has 3 aromatic carbocycles. The van der Waals surface area contributed by atoms with Crippen LogP contribution in [0.3, 0.4) is 0 Å². The zero-order valence-corrected chi connectivity index (χ0v) is 23.0. The molecule has 0 spiro atoms. The monoisotopic (exact) mass is 566 g/mol. The fourth-order valence-electron chi connectivity index (χ4n) is 4.15. The second kappa shape index (κ2) is 11.5. The van der Waals surface area contributed by atoms with E-state index < -0.39 is 12.0 Å². The second-order valence-corrected chi connectivity index (χ2v) is 10.4. The molecule has 10 heteroatoms. The van der Waals surface area contributed by atoms with E-state index in [0.29, 0.717) is 50.5 Å². The molecule has 0 bridgehead atoms. The van der Waals surface area contributed by atoms with Crippen molar-refractivity contribution in [1.82, 2.24) is 14.8 Å². The molecule has 1 aliphatic heterocycles. The number of hydrogen-bond acceptors (Lipinski definition) is 7. The quantitative estimate of drug-likeness (QED) is 0.183. The molecule has 38 heavy (non-hydrogen) atoms. The van der Waals surface area contributed by atoms with Gasteiger partial charge in [0, 0.05) is 21.5 Å². The van der Waals surface area contributed by atoms with Crippen LogP contribution in [0.15, 0.2) is 89.2 Å². The van der Waals surface area contributed by atoms with Crippen LogP contribution in [0, 0.1) is 0 Å². The van der Waals surface area contributed by atoms with Crippen molar-refractivity contribution < 1.29 is 14.3 Å². The normalized spacial score (nSPS) is 14.6. The zero-order valence-electron chi connectivity index (χ0n) is 20.7. The number of halogens is 2. The lowest BCUT2D eigenvalue weighted by Crippen LogP contribution is -2.29. The van der Waals surface area contributed by atoms with Crippen LogP contribution in [0.25, 0.3) is 0 Å². The SMILES string of the molecule is COC(=O)C1=C(C)Nc2nc(SCc3ccccc3Cl)nn2C1c1cccc(OCc2ccc(Cl)cc2)c1. The van der Waals surface area contributed by atoms with Crippen molar-refractivity contribution in [1.29, 1.82) is 0 Å². The molecule has 1 aliphatic rings. The summed E-state index contributed by atoms with van der Waals surface area (Å²) in [5, 5.41) is 9.89. The third-order valence-corrected chi connectivity index (χ3v) is 7.55. The molecule has 4 aromatic rings. The summed E-state index contributed by atoms with van der Waals surface area (Å²) in [7, 11) is 1.37. The number of allylic oxidation sites excluding steroid dienone is 1. The highest BCUT2D eigenvalue weighted by atomic mass is 35.5. The number of carbonyl (C=O) groups is 1. The molecule has 1 aromatic heterocycles. The lowest BCUT2D eigenvalue weighted by molar-refractivity contribution is -0.136. The Morgan fingerprint density at radius 1 is 1.08 bits per heavy atom. The largest absolute Gasteiger partial charge is 0.489 e. The van der Waals surface area contributed by atoms with E-state index in [1.165, 1.54) is 18.9 Å². The summed E-state index contributed by atoms with van der Waals surface area (Å²) >= 11 is 13.8. The summed E-state index contributed by atoms with van der Waals surface area (Å²) < 4.78 is 12.9. The molecular weight excluding hydrogens is 543 g/mol. The van der Waals surface area contributed by atoms with Gasteiger partial charge in [-0.3, -0.25) is 0 Å². The van der Waals surface area contributed by atoms with Gasteiger partial charge < -0.3 is 14.8 Å². The summed E-state index contributed by atoms with van der Waals surface area (Å²) in [5.41, 5.74) is 3.89. The molecule has 194 valence electrons. The fraction of sp³-hybridized carbons (Fsp3) is 0.179. The minimum atomic E-state index is -0.556. The lowest BCUT2D eigenvalue weighted by Gasteiger charge is -2.28. The van der Waals surface area contributed by atoms with E-state index in [-0.39, 0.29) is 0 Å². The van der Waals surface area contributed by atoms with Crippen molar-refractivity contribution >= 4 is 46.9 Å². The van der Waals surface area contributed by atoms with E-state index in [2.05, 4.69) is 10.3 Å². The van der Waals surface area contributed by atoms with Gasteiger partial charge >= 0.3 is 5.97 Å². The van der Waals surface area contributed by atoms with Gasteiger partial charge in [-0.25, -0.2) is 9.48 Å². The molecule has 0 saturated heterocycles. The fourth-order valence-corrected chi connectivity index (χ4v) is 5.40. The van der Waals surface area contributed by atoms with Gasteiger partial charge in [0.25, 0.3) is 0 Å². The third-order valence-electron chi connectivity index (χ3n) is 6.05. The van der Waals surface area contributed by atoms with Gasteiger partial charge in [-0.05, 0) is 53.9 Å². The predicted molar refractivity (Wildman–Crippen MR) is 150 cm³/mol. The van der Waals surface area contributed by atoms with E-state index in [0.717, 1.165) is 16.7 Å². The standard InChI is InChI=1S/C28H24Cl2N4O3S/c1-17-24(26(35)36-2)25(19-7-5-8-22(14-19)37-15-18-10-12-21(29)13-11-18)34-27(31-17)32-28(33-34)38-16-20-6-3-4-9-23(20)30/h3-14,25H,15-16H2,1-2H3,(H,31,32,33). The van der Waals surface area contributed by atoms with E-state index >= 15 is 0 Å². The number of hydrogen-bond donors (Lipinski definition) is 1. The van der Waals surface area contributed by atoms with Gasteiger partial charge in [-0.2, -0.15) is 4.98 Å². The van der Waals surface area contributed by atoms with Crippen molar-refractivity contribution in [3.8, 4) is 5.75 Å². The summed E-state index contributed by atoms with van der Waals surface area (Å²) in [4.78, 5) is 17.6. The number of rotatable bonds is 8. The minimum absolute atomic E-state index is 0.378. The van der Waals surface area contributed by atoms with Crippen LogP contribution < -0.4 is 10.1 Å². The Balaban J connectivity index is 1.44. The highest BCUT2D eigenvalue weighted by molar-refractivity contribution is 7.98. The van der Waals surface area contributed by atoms with E-state index in [1.54, 1.807) is 4.68 Å². The van der Waals surface area contributed by atoms with Crippen LogP contribution in [-0.4, -0.2) is 27.8 Å². The smallest absolute Gasteiger partial charge is 0.338 e. The Morgan fingerprint density at radius 2 is 1.87 bits per heavy atom. The molecule has 7 nitrogen and oxygen atoms in total. The van der Waals surface area contributed by atoms with E-state index in [1.807, 2.05) is 79.7 Å². The Hall–Kier alpha value is -3.46. The van der Waals surface area contributed by atoms with E-state index in [4.69, 9.17) is 37.8 Å². The number of carbonyl (C=O) groups excluding carboxylic acids is 1. The minimum Gasteiger partial charge on any atom is -0.489 e. The lowest BCUT2D eigenvalue weighted by atomic mass is 9.95. The number of fused-ring (bicyclic) bond motifs is 1. The Bertz CT molecular complexity index is 1500. The van der Waals surface area contributed by atoms with Crippen LogP contribution >= 0.6 is 35.0 Å². The van der Waals surface area contributed by atoms with Crippen LogP contribution in [0.4, 0.5) is 5.95 Å². The maximum absolute atomic E-state index is 12.9. The first-order chi connectivity index (χ1) is 18.4. The molecule has 0 saturated carbocycles. The number of methoxy groups -OCH3 is 1. The van der Waals surface area contributed by atoms with Crippen molar-refractivity contribution in [2.75, 3.05) is 12.4 Å². The first-order valence-corrected chi connectivity index (χ1v) is 13.5. The first kappa shape index (κ1) is 26.2. The van der Waals surface area contributed by atoms with Crippen LogP contribution in [-0.2, 0) is 21.9 Å². The number of nitrogens with zero attached hydrogens (tertiary/aromatic N) is 3. The van der Waals surface area contributed by atoms with Crippen molar-refractivity contribution in [3.05, 3.63) is 111 Å². The Labute approximate surface area is 234 Å². The van der Waals surface area contributed by atoms with Gasteiger partial charge in [0.05, 0.1) is 12.7 Å². The second-order valence-electron chi connectivity index (χ2n) is 8.59. The Kier molecular flexibility index (Phi) is 7.93. The maximum atomic E-state index is 12.9. The zero-order chi connectivity index (χ0) is 26.6. The average molecular weight is 567 g/mol. The maximum Gasteiger partial charge on any atom is 0.338 e. The number of ether oxygens (including phenoxy) is 2. The molecular formula is C28H24Cl2N4O3S. The topological polar surface area (TPSA) is 78.3 Å². The number of aromatic nitrogens is 3. The molecule has 1 N–H and O–H groups in total. The van der Waals surface area contributed by atoms with Gasteiger partial charge in [-0.15, -0.1) is 5.10 Å². The highest BCUT2D eigenvalue weighted by Crippen LogP contribution is 2.38. The van der Waals surface area contributed by atoms with Gasteiger partial charge in [0.1, 0.15) is 18.4 Å². The molecule has 0 amide bonds. The molecule has 0 fully saturated rings. The van der Waals surface area contributed by atoms with Gasteiger partial charge in [0.2, 0.25) is 11.1 Å². The van der Waals surface area contributed by atoms with Crippen LogP contribution in [0.2, 0.25) is 10.0 Å². The van der Waals surface area contributed by atoms with Gasteiger partial charge in [-0.1, -0.05) is 77.4 Å². The average Bonchev–Trinajstić information content (AvgIpc) is 3.33. The molecule has 0 radical (unpaired) electrons. The Morgan fingerprint density at radius 3 is 2.63 bits per heavy atom. The third kappa shape index (κ3) is 5.67. The van der Waals surface area contributed by atoms with Gasteiger partial charge in [0.15, 0.2) is 0 Å². The van der Waals surface area contributed by atoms with Crippen LogP contribution in [0.5, 0.6) is 5.75 Å². The molecule has 1 unspecified atom stereocenters. The molecule has 0 aliphatic carbocycles. The number of benzene rings is 3. The molecule has 1 atom stereocenters. The number of nitrogens with one attached hydrogen (secondary N) is 1. The number of anilines is 1. The molecule has 2 heterocycles. The number of thioether (sulfide) groups is 1. The van der Waals surface area contributed by atoms with Crippen LogP contribution in [0.1, 0.15) is 29.7 Å². The van der Waals surface area contributed by atoms with Crippen molar-refractivity contribution in [2.24, 2.45) is 0 Å². The van der Waals surface area contributed by atoms with Crippen molar-refractivity contribution in [2.45, 2.75) is 30.5 Å². The van der Waals surface area contributed by atoms with E-state index in [9.17, 15) is 4.79 Å². The summed E-state index contributed by atoms with van der Waals surface area (Å²) in [6.07, 6.45) is 0. The highest BCUT2D eigenvalue weighted by Gasteiger charge is 2.35. The first-order valence-electron chi connectivity index (χ1n) is 11.8. The molecule has 5 rings (SSSR count).